The fraction of sp³-hybridized carbons (Fsp3) is 0.615. The Morgan fingerprint density at radius 2 is 2.25 bits per heavy atom. The second kappa shape index (κ2) is 4.89. The zero-order valence-corrected chi connectivity index (χ0v) is 12.0. The minimum Gasteiger partial charge on any atom is -0.459 e. The van der Waals surface area contributed by atoms with E-state index in [9.17, 15) is 13.2 Å². The molecule has 6 nitrogen and oxygen atoms in total. The summed E-state index contributed by atoms with van der Waals surface area (Å²) >= 11 is 0. The number of hydrogen-bond donors (Lipinski definition) is 1. The summed E-state index contributed by atoms with van der Waals surface area (Å²) in [6, 6.07) is 0. The van der Waals surface area contributed by atoms with Crippen LogP contribution >= 0.6 is 0 Å². The minimum absolute atomic E-state index is 0.0625. The van der Waals surface area contributed by atoms with Gasteiger partial charge in [0.25, 0.3) is 5.91 Å². The number of carbonyl (C=O) groups is 1. The van der Waals surface area contributed by atoms with Gasteiger partial charge in [0, 0.05) is 18.7 Å². The zero-order chi connectivity index (χ0) is 14.3. The third kappa shape index (κ3) is 2.60. The molecule has 0 saturated carbocycles. The maximum atomic E-state index is 12.4. The van der Waals surface area contributed by atoms with Crippen LogP contribution in [0.5, 0.6) is 0 Å². The van der Waals surface area contributed by atoms with Gasteiger partial charge in [-0.25, -0.2) is 13.6 Å². The van der Waals surface area contributed by atoms with Gasteiger partial charge < -0.3 is 9.32 Å². The molecule has 1 aromatic rings. The molecule has 1 atom stereocenters. The van der Waals surface area contributed by atoms with Crippen LogP contribution in [0.15, 0.2) is 10.7 Å². The van der Waals surface area contributed by atoms with E-state index in [0.29, 0.717) is 25.3 Å². The number of hydrogen-bond acceptors (Lipinski definition) is 4. The molecule has 0 radical (unpaired) electrons. The second-order valence-corrected chi connectivity index (χ2v) is 7.32. The first kappa shape index (κ1) is 13.6. The summed E-state index contributed by atoms with van der Waals surface area (Å²) < 4.78 is 27.6. The third-order valence-electron chi connectivity index (χ3n) is 4.09. The van der Waals surface area contributed by atoms with Gasteiger partial charge in [0.15, 0.2) is 5.76 Å². The van der Waals surface area contributed by atoms with Crippen LogP contribution in [0.2, 0.25) is 0 Å². The smallest absolute Gasteiger partial charge is 0.289 e. The highest BCUT2D eigenvalue weighted by atomic mass is 32.2. The van der Waals surface area contributed by atoms with E-state index in [0.717, 1.165) is 30.4 Å². The molecule has 1 amide bonds. The van der Waals surface area contributed by atoms with Crippen molar-refractivity contribution in [2.75, 3.05) is 18.8 Å². The summed E-state index contributed by atoms with van der Waals surface area (Å²) in [6.07, 6.45) is 5.27. The second-order valence-electron chi connectivity index (χ2n) is 5.66. The highest BCUT2D eigenvalue weighted by Gasteiger charge is 2.33. The molecule has 1 saturated heterocycles. The first-order chi connectivity index (χ1) is 9.44. The highest BCUT2D eigenvalue weighted by molar-refractivity contribution is 7.89. The number of aryl methyl sites for hydroxylation is 1. The molecule has 1 aliphatic carbocycles. The summed E-state index contributed by atoms with van der Waals surface area (Å²) in [4.78, 5) is 14.1. The topological polar surface area (TPSA) is 93.6 Å². The lowest BCUT2D eigenvalue weighted by atomic mass is 10.1. The van der Waals surface area contributed by atoms with E-state index >= 15 is 0 Å². The fourth-order valence-electron chi connectivity index (χ4n) is 3.16. The highest BCUT2D eigenvalue weighted by Crippen LogP contribution is 2.29. The van der Waals surface area contributed by atoms with Crippen molar-refractivity contribution in [3.05, 3.63) is 23.2 Å². The molecule has 1 aliphatic heterocycles. The molecule has 110 valence electrons. The van der Waals surface area contributed by atoms with Crippen LogP contribution in [-0.2, 0) is 22.9 Å². The molecule has 0 bridgehead atoms. The van der Waals surface area contributed by atoms with Crippen molar-refractivity contribution < 1.29 is 17.6 Å². The molecule has 3 rings (SSSR count). The summed E-state index contributed by atoms with van der Waals surface area (Å²) in [6.45, 7) is 0.999. The van der Waals surface area contributed by atoms with Gasteiger partial charge in [-0.1, -0.05) is 0 Å². The van der Waals surface area contributed by atoms with E-state index in [4.69, 9.17) is 9.56 Å². The van der Waals surface area contributed by atoms with Crippen molar-refractivity contribution in [3.63, 3.8) is 0 Å². The average molecular weight is 298 g/mol. The van der Waals surface area contributed by atoms with Gasteiger partial charge in [0.2, 0.25) is 10.0 Å². The Balaban J connectivity index is 1.70. The molecule has 1 unspecified atom stereocenters. The molecule has 1 aromatic heterocycles. The number of nitrogens with two attached hydrogens (primary N) is 1. The van der Waals surface area contributed by atoms with Gasteiger partial charge in [0.05, 0.1) is 12.0 Å². The predicted octanol–water partition coefficient (Wildman–Crippen LogP) is 0.519. The number of likely N-dealkylation sites (tertiary alicyclic amines) is 1. The van der Waals surface area contributed by atoms with E-state index in [-0.39, 0.29) is 17.6 Å². The van der Waals surface area contributed by atoms with Crippen LogP contribution in [0, 0.1) is 5.92 Å². The van der Waals surface area contributed by atoms with Crippen molar-refractivity contribution in [2.24, 2.45) is 11.1 Å². The van der Waals surface area contributed by atoms with E-state index in [2.05, 4.69) is 0 Å². The Labute approximate surface area is 118 Å². The molecule has 0 aromatic carbocycles. The van der Waals surface area contributed by atoms with E-state index in [1.165, 1.54) is 0 Å². The van der Waals surface area contributed by atoms with Crippen LogP contribution < -0.4 is 5.14 Å². The van der Waals surface area contributed by atoms with E-state index < -0.39 is 10.0 Å². The zero-order valence-electron chi connectivity index (χ0n) is 11.2. The molecular weight excluding hydrogens is 280 g/mol. The normalized spacial score (nSPS) is 22.2. The number of amides is 1. The average Bonchev–Trinajstić information content (AvgIpc) is 2.99. The minimum atomic E-state index is -3.48. The van der Waals surface area contributed by atoms with Gasteiger partial charge in [-0.3, -0.25) is 4.79 Å². The molecular formula is C13H18N2O4S. The Bertz CT molecular complexity index is 635. The Morgan fingerprint density at radius 3 is 3.00 bits per heavy atom. The number of primary sulfonamides is 1. The number of fused-ring (bicyclic) bond motifs is 1. The number of rotatable bonds is 3. The van der Waals surface area contributed by atoms with Gasteiger partial charge in [-0.05, 0) is 37.2 Å². The van der Waals surface area contributed by atoms with E-state index in [1.807, 2.05) is 0 Å². The molecule has 2 N–H and O–H groups in total. The lowest BCUT2D eigenvalue weighted by molar-refractivity contribution is 0.0755. The van der Waals surface area contributed by atoms with Crippen molar-refractivity contribution >= 4 is 15.9 Å². The van der Waals surface area contributed by atoms with Crippen LogP contribution in [0.3, 0.4) is 0 Å². The molecule has 0 spiro atoms. The maximum Gasteiger partial charge on any atom is 0.289 e. The van der Waals surface area contributed by atoms with Crippen molar-refractivity contribution in [1.29, 1.82) is 0 Å². The summed E-state index contributed by atoms with van der Waals surface area (Å²) in [5, 5.41) is 5.06. The van der Waals surface area contributed by atoms with Crippen LogP contribution in [0.4, 0.5) is 0 Å². The van der Waals surface area contributed by atoms with E-state index in [1.54, 1.807) is 11.2 Å². The number of furan rings is 1. The molecule has 1 fully saturated rings. The monoisotopic (exact) mass is 298 g/mol. The first-order valence-electron chi connectivity index (χ1n) is 6.83. The van der Waals surface area contributed by atoms with Gasteiger partial charge in [-0.2, -0.15) is 0 Å². The van der Waals surface area contributed by atoms with Crippen LogP contribution in [0.1, 0.15) is 34.5 Å². The quantitative estimate of drug-likeness (QED) is 0.880. The summed E-state index contributed by atoms with van der Waals surface area (Å²) in [5.41, 5.74) is 2.17. The number of nitrogens with zero attached hydrogens (tertiary/aromatic N) is 1. The summed E-state index contributed by atoms with van der Waals surface area (Å²) in [7, 11) is -3.48. The van der Waals surface area contributed by atoms with Crippen molar-refractivity contribution in [2.45, 2.75) is 25.7 Å². The standard InChI is InChI=1S/C13H18N2O4S/c14-20(17,18)8-9-4-5-15(6-9)13(16)12-11-3-1-2-10(11)7-19-12/h7,9H,1-6,8H2,(H2,14,17,18). The molecule has 2 heterocycles. The van der Waals surface area contributed by atoms with Gasteiger partial charge in [0.1, 0.15) is 0 Å². The lowest BCUT2D eigenvalue weighted by Crippen LogP contribution is -2.31. The third-order valence-corrected chi connectivity index (χ3v) is 5.02. The summed E-state index contributed by atoms with van der Waals surface area (Å²) in [5.74, 6) is 0.184. The van der Waals surface area contributed by atoms with Gasteiger partial charge in [-0.15, -0.1) is 0 Å². The first-order valence-corrected chi connectivity index (χ1v) is 8.54. The van der Waals surface area contributed by atoms with Gasteiger partial charge >= 0.3 is 0 Å². The van der Waals surface area contributed by atoms with Crippen LogP contribution in [0.25, 0.3) is 0 Å². The fourth-order valence-corrected chi connectivity index (χ4v) is 4.09. The number of carbonyl (C=O) groups excluding carboxylic acids is 1. The maximum absolute atomic E-state index is 12.4. The Hall–Kier alpha value is -1.34. The van der Waals surface area contributed by atoms with Crippen LogP contribution in [-0.4, -0.2) is 38.1 Å². The van der Waals surface area contributed by atoms with Crippen molar-refractivity contribution in [1.82, 2.24) is 4.90 Å². The Kier molecular flexibility index (Phi) is 3.33. The lowest BCUT2D eigenvalue weighted by Gasteiger charge is -2.15. The SMILES string of the molecule is NS(=O)(=O)CC1CCN(C(=O)c2occ3c2CCC3)C1. The number of sulfonamides is 1. The molecule has 7 heteroatoms. The Morgan fingerprint density at radius 1 is 1.45 bits per heavy atom. The largest absolute Gasteiger partial charge is 0.459 e. The predicted molar refractivity (Wildman–Crippen MR) is 72.7 cm³/mol. The molecule has 20 heavy (non-hydrogen) atoms. The molecule has 2 aliphatic rings. The van der Waals surface area contributed by atoms with Crippen molar-refractivity contribution in [3.8, 4) is 0 Å².